The van der Waals surface area contributed by atoms with E-state index < -0.39 is 0 Å². The first kappa shape index (κ1) is 12.4. The highest BCUT2D eigenvalue weighted by molar-refractivity contribution is 6.35. The number of aliphatic hydroxyl groups excluding tert-OH is 1. The van der Waals surface area contributed by atoms with E-state index >= 15 is 0 Å². The summed E-state index contributed by atoms with van der Waals surface area (Å²) in [5, 5.41) is 10.2. The van der Waals surface area contributed by atoms with Crippen molar-refractivity contribution >= 4 is 23.2 Å². The predicted molar refractivity (Wildman–Crippen MR) is 67.8 cm³/mol. The van der Waals surface area contributed by atoms with Crippen molar-refractivity contribution in [1.29, 1.82) is 0 Å². The summed E-state index contributed by atoms with van der Waals surface area (Å²) in [4.78, 5) is 0. The van der Waals surface area contributed by atoms with Crippen molar-refractivity contribution in [2.75, 3.05) is 0 Å². The Morgan fingerprint density at radius 3 is 2.24 bits per heavy atom. The Balaban J connectivity index is 2.59. The minimum atomic E-state index is -0.383. The van der Waals surface area contributed by atoms with Crippen molar-refractivity contribution in [2.45, 2.75) is 6.61 Å². The van der Waals surface area contributed by atoms with Crippen LogP contribution in [0.25, 0.3) is 11.1 Å². The van der Waals surface area contributed by atoms with Gasteiger partial charge in [0.25, 0.3) is 0 Å². The molecule has 0 aromatic heterocycles. The molecule has 0 aliphatic heterocycles. The number of aliphatic hydroxyl groups is 1. The van der Waals surface area contributed by atoms with Crippen LogP contribution in [-0.4, -0.2) is 5.11 Å². The van der Waals surface area contributed by atoms with Crippen molar-refractivity contribution in [1.82, 2.24) is 0 Å². The standard InChI is InChI=1S/C13H9Cl2FO/c14-10-3-8(4-11(15)6-10)13-2-1-12(16)5-9(13)7-17/h1-6,17H,7H2. The van der Waals surface area contributed by atoms with Gasteiger partial charge in [-0.2, -0.15) is 0 Å². The largest absolute Gasteiger partial charge is 0.392 e. The second-order valence-electron chi connectivity index (χ2n) is 3.62. The van der Waals surface area contributed by atoms with Crippen LogP contribution in [-0.2, 0) is 6.61 Å². The molecular formula is C13H9Cl2FO. The fourth-order valence-electron chi connectivity index (χ4n) is 1.68. The molecule has 2 aromatic carbocycles. The van der Waals surface area contributed by atoms with Gasteiger partial charge < -0.3 is 5.11 Å². The summed E-state index contributed by atoms with van der Waals surface area (Å²) in [6, 6.07) is 9.30. The van der Waals surface area contributed by atoms with Crippen LogP contribution in [0.4, 0.5) is 4.39 Å². The molecule has 1 N–H and O–H groups in total. The minimum Gasteiger partial charge on any atom is -0.392 e. The molecule has 2 rings (SSSR count). The van der Waals surface area contributed by atoms with Gasteiger partial charge in [0.15, 0.2) is 0 Å². The van der Waals surface area contributed by atoms with E-state index in [-0.39, 0.29) is 12.4 Å². The highest BCUT2D eigenvalue weighted by atomic mass is 35.5. The number of benzene rings is 2. The first-order chi connectivity index (χ1) is 8.10. The summed E-state index contributed by atoms with van der Waals surface area (Å²) >= 11 is 11.8. The molecule has 2 aromatic rings. The fourth-order valence-corrected chi connectivity index (χ4v) is 2.21. The predicted octanol–water partition coefficient (Wildman–Crippen LogP) is 4.29. The van der Waals surface area contributed by atoms with Crippen molar-refractivity contribution in [3.8, 4) is 11.1 Å². The van der Waals surface area contributed by atoms with E-state index in [2.05, 4.69) is 0 Å². The van der Waals surface area contributed by atoms with Gasteiger partial charge in [-0.05, 0) is 47.0 Å². The number of hydrogen-bond donors (Lipinski definition) is 1. The monoisotopic (exact) mass is 270 g/mol. The second kappa shape index (κ2) is 5.05. The highest BCUT2D eigenvalue weighted by Crippen LogP contribution is 2.30. The molecular weight excluding hydrogens is 262 g/mol. The molecule has 0 amide bonds. The summed E-state index contributed by atoms with van der Waals surface area (Å²) in [6.45, 7) is -0.239. The SMILES string of the molecule is OCc1cc(F)ccc1-c1cc(Cl)cc(Cl)c1. The van der Waals surface area contributed by atoms with E-state index in [4.69, 9.17) is 23.2 Å². The van der Waals surface area contributed by atoms with Crippen LogP contribution < -0.4 is 0 Å². The van der Waals surface area contributed by atoms with E-state index in [0.717, 1.165) is 11.1 Å². The Morgan fingerprint density at radius 2 is 1.65 bits per heavy atom. The molecule has 17 heavy (non-hydrogen) atoms. The third-order valence-corrected chi connectivity index (χ3v) is 2.85. The summed E-state index contributed by atoms with van der Waals surface area (Å²) in [5.74, 6) is -0.383. The summed E-state index contributed by atoms with van der Waals surface area (Å²) in [6.07, 6.45) is 0. The topological polar surface area (TPSA) is 20.2 Å². The van der Waals surface area contributed by atoms with Gasteiger partial charge in [0.2, 0.25) is 0 Å². The zero-order valence-corrected chi connectivity index (χ0v) is 10.3. The van der Waals surface area contributed by atoms with Crippen LogP contribution >= 0.6 is 23.2 Å². The molecule has 0 heterocycles. The van der Waals surface area contributed by atoms with Gasteiger partial charge in [-0.1, -0.05) is 29.3 Å². The van der Waals surface area contributed by atoms with Crippen LogP contribution in [0.5, 0.6) is 0 Å². The molecule has 0 saturated heterocycles. The Hall–Kier alpha value is -1.09. The van der Waals surface area contributed by atoms with Gasteiger partial charge in [-0.3, -0.25) is 0 Å². The maximum Gasteiger partial charge on any atom is 0.123 e. The molecule has 0 atom stereocenters. The molecule has 0 aliphatic carbocycles. The quantitative estimate of drug-likeness (QED) is 0.863. The van der Waals surface area contributed by atoms with Gasteiger partial charge in [-0.25, -0.2) is 4.39 Å². The van der Waals surface area contributed by atoms with E-state index in [0.29, 0.717) is 15.6 Å². The molecule has 88 valence electrons. The molecule has 0 fully saturated rings. The Kier molecular flexibility index (Phi) is 3.67. The zero-order chi connectivity index (χ0) is 12.4. The van der Waals surface area contributed by atoms with Gasteiger partial charge in [0, 0.05) is 10.0 Å². The molecule has 0 unspecified atom stereocenters. The molecule has 0 radical (unpaired) electrons. The first-order valence-electron chi connectivity index (χ1n) is 4.96. The zero-order valence-electron chi connectivity index (χ0n) is 8.75. The van der Waals surface area contributed by atoms with Crippen LogP contribution in [0.3, 0.4) is 0 Å². The van der Waals surface area contributed by atoms with Crippen LogP contribution in [0.2, 0.25) is 10.0 Å². The Bertz CT molecular complexity index is 535. The van der Waals surface area contributed by atoms with Crippen LogP contribution in [0.15, 0.2) is 36.4 Å². The van der Waals surface area contributed by atoms with Crippen molar-refractivity contribution < 1.29 is 9.50 Å². The van der Waals surface area contributed by atoms with E-state index in [1.54, 1.807) is 24.3 Å². The van der Waals surface area contributed by atoms with Crippen molar-refractivity contribution in [3.63, 3.8) is 0 Å². The summed E-state index contributed by atoms with van der Waals surface area (Å²) in [7, 11) is 0. The maximum atomic E-state index is 13.0. The lowest BCUT2D eigenvalue weighted by Crippen LogP contribution is -1.91. The normalized spacial score (nSPS) is 10.6. The average molecular weight is 271 g/mol. The second-order valence-corrected chi connectivity index (χ2v) is 4.49. The molecule has 0 saturated carbocycles. The van der Waals surface area contributed by atoms with Crippen LogP contribution in [0, 0.1) is 5.82 Å². The van der Waals surface area contributed by atoms with Crippen LogP contribution in [0.1, 0.15) is 5.56 Å². The molecule has 0 aliphatic rings. The van der Waals surface area contributed by atoms with Gasteiger partial charge in [-0.15, -0.1) is 0 Å². The van der Waals surface area contributed by atoms with Crippen molar-refractivity contribution in [2.24, 2.45) is 0 Å². The summed E-state index contributed by atoms with van der Waals surface area (Å²) < 4.78 is 13.0. The van der Waals surface area contributed by atoms with Crippen molar-refractivity contribution in [3.05, 3.63) is 57.8 Å². The molecule has 1 nitrogen and oxygen atoms in total. The molecule has 4 heteroatoms. The molecule has 0 bridgehead atoms. The lowest BCUT2D eigenvalue weighted by Gasteiger charge is -2.08. The third kappa shape index (κ3) is 2.78. The Labute approximate surface area is 108 Å². The molecule has 0 spiro atoms. The van der Waals surface area contributed by atoms with Gasteiger partial charge in [0.1, 0.15) is 5.82 Å². The first-order valence-corrected chi connectivity index (χ1v) is 5.71. The smallest absolute Gasteiger partial charge is 0.123 e. The lowest BCUT2D eigenvalue weighted by atomic mass is 10.00. The van der Waals surface area contributed by atoms with E-state index in [1.165, 1.54) is 12.1 Å². The van der Waals surface area contributed by atoms with E-state index in [9.17, 15) is 9.50 Å². The Morgan fingerprint density at radius 1 is 1.00 bits per heavy atom. The van der Waals surface area contributed by atoms with Gasteiger partial charge in [0.05, 0.1) is 6.61 Å². The third-order valence-electron chi connectivity index (χ3n) is 2.41. The van der Waals surface area contributed by atoms with Gasteiger partial charge >= 0.3 is 0 Å². The van der Waals surface area contributed by atoms with E-state index in [1.807, 2.05) is 0 Å². The minimum absolute atomic E-state index is 0.239. The number of halogens is 3. The maximum absolute atomic E-state index is 13.0. The lowest BCUT2D eigenvalue weighted by molar-refractivity contribution is 0.282. The average Bonchev–Trinajstić information content (AvgIpc) is 2.27. The highest BCUT2D eigenvalue weighted by Gasteiger charge is 2.07. The fraction of sp³-hybridized carbons (Fsp3) is 0.0769. The summed E-state index contributed by atoms with van der Waals surface area (Å²) in [5.41, 5.74) is 1.98. The number of hydrogen-bond acceptors (Lipinski definition) is 1. The number of rotatable bonds is 2.